The summed E-state index contributed by atoms with van der Waals surface area (Å²) in [7, 11) is 1.74. The van der Waals surface area contributed by atoms with Crippen molar-refractivity contribution in [2.24, 2.45) is 0 Å². The standard InChI is InChI=1S/C17H17N3O2S/c1-12-4-3-5-14-16(12)18-11-20(17(14)22)9-15(21)19(2)8-13-6-7-23-10-13/h3-7,10-11H,8-9H2,1-2H3. The third-order valence-electron chi connectivity index (χ3n) is 3.79. The minimum atomic E-state index is -0.184. The third kappa shape index (κ3) is 3.17. The van der Waals surface area contributed by atoms with Crippen molar-refractivity contribution < 1.29 is 4.79 Å². The number of carbonyl (C=O) groups is 1. The molecule has 0 saturated carbocycles. The first kappa shape index (κ1) is 15.4. The zero-order valence-electron chi connectivity index (χ0n) is 13.0. The first-order valence-electron chi connectivity index (χ1n) is 7.26. The van der Waals surface area contributed by atoms with E-state index in [0.717, 1.165) is 11.1 Å². The lowest BCUT2D eigenvalue weighted by atomic mass is 10.1. The van der Waals surface area contributed by atoms with E-state index in [2.05, 4.69) is 4.98 Å². The summed E-state index contributed by atoms with van der Waals surface area (Å²) in [6.45, 7) is 2.45. The zero-order valence-corrected chi connectivity index (χ0v) is 13.8. The van der Waals surface area contributed by atoms with E-state index in [1.807, 2.05) is 35.9 Å². The number of thiophene rings is 1. The summed E-state index contributed by atoms with van der Waals surface area (Å²) in [5, 5.41) is 4.53. The molecule has 0 aliphatic carbocycles. The van der Waals surface area contributed by atoms with Crippen molar-refractivity contribution in [2.75, 3.05) is 7.05 Å². The second kappa shape index (κ2) is 6.34. The Bertz CT molecular complexity index is 900. The van der Waals surface area contributed by atoms with Crippen LogP contribution in [0.5, 0.6) is 0 Å². The van der Waals surface area contributed by atoms with Gasteiger partial charge in [0.15, 0.2) is 0 Å². The lowest BCUT2D eigenvalue weighted by molar-refractivity contribution is -0.131. The Morgan fingerprint density at radius 2 is 2.17 bits per heavy atom. The fraction of sp³-hybridized carbons (Fsp3) is 0.235. The highest BCUT2D eigenvalue weighted by Crippen LogP contribution is 2.12. The molecule has 3 rings (SSSR count). The second-order valence-corrected chi connectivity index (χ2v) is 6.31. The number of hydrogen-bond donors (Lipinski definition) is 0. The van der Waals surface area contributed by atoms with Crippen LogP contribution < -0.4 is 5.56 Å². The molecule has 2 aromatic heterocycles. The Balaban J connectivity index is 1.82. The molecule has 3 aromatic rings. The quantitative estimate of drug-likeness (QED) is 0.739. The Morgan fingerprint density at radius 3 is 2.91 bits per heavy atom. The van der Waals surface area contributed by atoms with Gasteiger partial charge in [-0.15, -0.1) is 0 Å². The van der Waals surface area contributed by atoms with Gasteiger partial charge in [0, 0.05) is 13.6 Å². The van der Waals surface area contributed by atoms with Crippen LogP contribution in [0.4, 0.5) is 0 Å². The van der Waals surface area contributed by atoms with E-state index in [4.69, 9.17) is 0 Å². The van der Waals surface area contributed by atoms with Gasteiger partial charge in [-0.2, -0.15) is 11.3 Å². The van der Waals surface area contributed by atoms with Crippen molar-refractivity contribution >= 4 is 28.1 Å². The molecule has 0 aliphatic rings. The molecule has 23 heavy (non-hydrogen) atoms. The predicted molar refractivity (Wildman–Crippen MR) is 91.5 cm³/mol. The highest BCUT2D eigenvalue weighted by molar-refractivity contribution is 7.07. The van der Waals surface area contributed by atoms with Gasteiger partial charge in [0.25, 0.3) is 5.56 Å². The van der Waals surface area contributed by atoms with Crippen molar-refractivity contribution in [2.45, 2.75) is 20.0 Å². The van der Waals surface area contributed by atoms with E-state index < -0.39 is 0 Å². The van der Waals surface area contributed by atoms with Gasteiger partial charge in [-0.05, 0) is 40.9 Å². The maximum absolute atomic E-state index is 12.5. The van der Waals surface area contributed by atoms with Gasteiger partial charge in [-0.3, -0.25) is 14.2 Å². The molecule has 0 saturated heterocycles. The van der Waals surface area contributed by atoms with E-state index in [-0.39, 0.29) is 18.0 Å². The molecule has 0 radical (unpaired) electrons. The smallest absolute Gasteiger partial charge is 0.261 e. The van der Waals surface area contributed by atoms with Gasteiger partial charge in [0.2, 0.25) is 5.91 Å². The monoisotopic (exact) mass is 327 g/mol. The Kier molecular flexibility index (Phi) is 4.25. The van der Waals surface area contributed by atoms with Crippen LogP contribution in [0.15, 0.2) is 46.1 Å². The Labute approximate surface area is 137 Å². The molecule has 2 heterocycles. The van der Waals surface area contributed by atoms with E-state index in [1.165, 1.54) is 10.9 Å². The first-order chi connectivity index (χ1) is 11.1. The minimum Gasteiger partial charge on any atom is -0.340 e. The molecular formula is C17H17N3O2S. The highest BCUT2D eigenvalue weighted by Gasteiger charge is 2.13. The summed E-state index contributed by atoms with van der Waals surface area (Å²) >= 11 is 1.60. The van der Waals surface area contributed by atoms with Gasteiger partial charge in [0.05, 0.1) is 17.2 Å². The predicted octanol–water partition coefficient (Wildman–Crippen LogP) is 2.43. The number of carbonyl (C=O) groups excluding carboxylic acids is 1. The van der Waals surface area contributed by atoms with E-state index in [1.54, 1.807) is 29.4 Å². The molecule has 1 aromatic carbocycles. The summed E-state index contributed by atoms with van der Waals surface area (Å²) in [5.41, 5.74) is 2.54. The summed E-state index contributed by atoms with van der Waals surface area (Å²) in [5.74, 6) is -0.118. The number of benzene rings is 1. The highest BCUT2D eigenvalue weighted by atomic mass is 32.1. The molecule has 0 N–H and O–H groups in total. The summed E-state index contributed by atoms with van der Waals surface area (Å²) in [6, 6.07) is 7.48. The third-order valence-corrected chi connectivity index (χ3v) is 4.52. The van der Waals surface area contributed by atoms with Crippen LogP contribution in [0.2, 0.25) is 0 Å². The lowest BCUT2D eigenvalue weighted by Gasteiger charge is -2.17. The summed E-state index contributed by atoms with van der Waals surface area (Å²) in [4.78, 5) is 30.8. The van der Waals surface area contributed by atoms with Crippen LogP contribution in [0, 0.1) is 6.92 Å². The van der Waals surface area contributed by atoms with Crippen molar-refractivity contribution in [3.05, 3.63) is 62.8 Å². The minimum absolute atomic E-state index is 0.00362. The SMILES string of the molecule is Cc1cccc2c(=O)n(CC(=O)N(C)Cc3ccsc3)cnc12. The molecule has 0 atom stereocenters. The summed E-state index contributed by atoms with van der Waals surface area (Å²) < 4.78 is 1.37. The van der Waals surface area contributed by atoms with Crippen LogP contribution in [0.1, 0.15) is 11.1 Å². The van der Waals surface area contributed by atoms with Crippen molar-refractivity contribution in [3.8, 4) is 0 Å². The molecule has 0 aliphatic heterocycles. The fourth-order valence-corrected chi connectivity index (χ4v) is 3.12. The largest absolute Gasteiger partial charge is 0.340 e. The number of aromatic nitrogens is 2. The first-order valence-corrected chi connectivity index (χ1v) is 8.20. The Hall–Kier alpha value is -2.47. The normalized spacial score (nSPS) is 10.9. The number of rotatable bonds is 4. The van der Waals surface area contributed by atoms with Gasteiger partial charge < -0.3 is 4.90 Å². The number of fused-ring (bicyclic) bond motifs is 1. The summed E-state index contributed by atoms with van der Waals surface area (Å²) in [6.07, 6.45) is 1.45. The van der Waals surface area contributed by atoms with Crippen LogP contribution in [-0.4, -0.2) is 27.4 Å². The second-order valence-electron chi connectivity index (χ2n) is 5.53. The molecule has 118 valence electrons. The van der Waals surface area contributed by atoms with Gasteiger partial charge >= 0.3 is 0 Å². The van der Waals surface area contributed by atoms with Gasteiger partial charge in [-0.25, -0.2) is 4.98 Å². The lowest BCUT2D eigenvalue weighted by Crippen LogP contribution is -2.33. The van der Waals surface area contributed by atoms with E-state index in [9.17, 15) is 9.59 Å². The number of nitrogens with zero attached hydrogens (tertiary/aromatic N) is 3. The number of hydrogen-bond acceptors (Lipinski definition) is 4. The van der Waals surface area contributed by atoms with Crippen LogP contribution in [0.25, 0.3) is 10.9 Å². The topological polar surface area (TPSA) is 55.2 Å². The Morgan fingerprint density at radius 1 is 1.35 bits per heavy atom. The van der Waals surface area contributed by atoms with Gasteiger partial charge in [-0.1, -0.05) is 12.1 Å². The van der Waals surface area contributed by atoms with Crippen molar-refractivity contribution in [1.29, 1.82) is 0 Å². The van der Waals surface area contributed by atoms with Crippen LogP contribution in [0.3, 0.4) is 0 Å². The molecule has 0 bridgehead atoms. The van der Waals surface area contributed by atoms with E-state index in [0.29, 0.717) is 17.4 Å². The number of para-hydroxylation sites is 1. The van der Waals surface area contributed by atoms with Crippen molar-refractivity contribution in [1.82, 2.24) is 14.5 Å². The molecule has 0 spiro atoms. The molecule has 0 unspecified atom stereocenters. The fourth-order valence-electron chi connectivity index (χ4n) is 2.46. The van der Waals surface area contributed by atoms with Crippen LogP contribution in [-0.2, 0) is 17.9 Å². The number of amides is 1. The van der Waals surface area contributed by atoms with Crippen LogP contribution >= 0.6 is 11.3 Å². The zero-order chi connectivity index (χ0) is 16.4. The average molecular weight is 327 g/mol. The molecule has 1 amide bonds. The van der Waals surface area contributed by atoms with Crippen molar-refractivity contribution in [3.63, 3.8) is 0 Å². The maximum atomic E-state index is 12.5. The van der Waals surface area contributed by atoms with Gasteiger partial charge in [0.1, 0.15) is 6.54 Å². The number of likely N-dealkylation sites (N-methyl/N-ethyl adjacent to an activating group) is 1. The average Bonchev–Trinajstić information content (AvgIpc) is 3.03. The molecule has 6 heteroatoms. The van der Waals surface area contributed by atoms with E-state index >= 15 is 0 Å². The molecule has 0 fully saturated rings. The molecule has 5 nitrogen and oxygen atoms in total. The number of aryl methyl sites for hydroxylation is 1. The molecular weight excluding hydrogens is 310 g/mol. The maximum Gasteiger partial charge on any atom is 0.261 e.